The predicted octanol–water partition coefficient (Wildman–Crippen LogP) is -1.41. The summed E-state index contributed by atoms with van der Waals surface area (Å²) in [5.74, 6) is 0.0907. The van der Waals surface area contributed by atoms with Gasteiger partial charge in [-0.3, -0.25) is 9.69 Å². The van der Waals surface area contributed by atoms with Crippen LogP contribution in [0.4, 0.5) is 5.69 Å². The number of carbonyl (C=O) groups excluding carboxylic acids is 1. The van der Waals surface area contributed by atoms with Crippen LogP contribution in [0.2, 0.25) is 0 Å². The standard InChI is InChI=1S/C14H19BN2O4/c18-14(10-16-5-7-21-8-6-16)17-4-3-11-9-12(15(19)20)1-2-13(11)17/h1-2,9,19-20H,3-8,10H2. The lowest BCUT2D eigenvalue weighted by Gasteiger charge is -2.28. The molecule has 1 fully saturated rings. The van der Waals surface area contributed by atoms with Crippen LogP contribution < -0.4 is 10.4 Å². The Balaban J connectivity index is 1.70. The molecule has 0 saturated carbocycles. The van der Waals surface area contributed by atoms with Gasteiger partial charge in [0.2, 0.25) is 5.91 Å². The Morgan fingerprint density at radius 3 is 2.71 bits per heavy atom. The van der Waals surface area contributed by atoms with Crippen molar-refractivity contribution in [2.24, 2.45) is 0 Å². The Kier molecular flexibility index (Phi) is 4.25. The van der Waals surface area contributed by atoms with E-state index in [9.17, 15) is 14.8 Å². The van der Waals surface area contributed by atoms with Crippen molar-refractivity contribution in [3.05, 3.63) is 23.8 Å². The first-order chi connectivity index (χ1) is 10.1. The van der Waals surface area contributed by atoms with Crippen LogP contribution in [0.5, 0.6) is 0 Å². The minimum absolute atomic E-state index is 0.0907. The zero-order valence-electron chi connectivity index (χ0n) is 11.9. The summed E-state index contributed by atoms with van der Waals surface area (Å²) in [6.07, 6.45) is 0.755. The monoisotopic (exact) mass is 290 g/mol. The molecule has 1 aromatic carbocycles. The predicted molar refractivity (Wildman–Crippen MR) is 79.6 cm³/mol. The fraction of sp³-hybridized carbons (Fsp3) is 0.500. The number of ether oxygens (including phenoxy) is 1. The minimum atomic E-state index is -1.46. The summed E-state index contributed by atoms with van der Waals surface area (Å²) in [5, 5.41) is 18.4. The summed E-state index contributed by atoms with van der Waals surface area (Å²) < 4.78 is 5.28. The lowest BCUT2D eigenvalue weighted by atomic mass is 9.79. The molecule has 0 radical (unpaired) electrons. The molecule has 21 heavy (non-hydrogen) atoms. The van der Waals surface area contributed by atoms with Gasteiger partial charge in [0.15, 0.2) is 0 Å². The van der Waals surface area contributed by atoms with E-state index in [1.165, 1.54) is 0 Å². The molecule has 2 heterocycles. The number of hydrogen-bond acceptors (Lipinski definition) is 5. The van der Waals surface area contributed by atoms with Crippen LogP contribution in [0.15, 0.2) is 18.2 Å². The third-order valence-electron chi connectivity index (χ3n) is 4.06. The third-order valence-corrected chi connectivity index (χ3v) is 4.06. The molecule has 2 aliphatic rings. The van der Waals surface area contributed by atoms with Gasteiger partial charge in [0.25, 0.3) is 0 Å². The zero-order valence-corrected chi connectivity index (χ0v) is 11.9. The highest BCUT2D eigenvalue weighted by molar-refractivity contribution is 6.58. The molecule has 112 valence electrons. The second kappa shape index (κ2) is 6.15. The second-order valence-electron chi connectivity index (χ2n) is 5.45. The van der Waals surface area contributed by atoms with Gasteiger partial charge in [0.05, 0.1) is 19.8 Å². The molecule has 1 amide bonds. The largest absolute Gasteiger partial charge is 0.488 e. The summed E-state index contributed by atoms with van der Waals surface area (Å²) >= 11 is 0. The third kappa shape index (κ3) is 3.11. The van der Waals surface area contributed by atoms with Gasteiger partial charge < -0.3 is 19.7 Å². The molecule has 2 N–H and O–H groups in total. The average Bonchev–Trinajstić information content (AvgIpc) is 2.91. The number of morpholine rings is 1. The fourth-order valence-electron chi connectivity index (χ4n) is 2.88. The van der Waals surface area contributed by atoms with E-state index in [-0.39, 0.29) is 5.91 Å². The lowest BCUT2D eigenvalue weighted by molar-refractivity contribution is -0.120. The SMILES string of the molecule is O=C(CN1CCOCC1)N1CCc2cc(B(O)O)ccc21. The van der Waals surface area contributed by atoms with Crippen molar-refractivity contribution in [2.45, 2.75) is 6.42 Å². The molecule has 0 spiro atoms. The number of hydrogen-bond donors (Lipinski definition) is 2. The van der Waals surface area contributed by atoms with Gasteiger partial charge in [-0.05, 0) is 23.5 Å². The van der Waals surface area contributed by atoms with Crippen molar-refractivity contribution in [2.75, 3.05) is 44.3 Å². The van der Waals surface area contributed by atoms with E-state index in [2.05, 4.69) is 4.90 Å². The highest BCUT2D eigenvalue weighted by Gasteiger charge is 2.27. The average molecular weight is 290 g/mol. The van der Waals surface area contributed by atoms with Gasteiger partial charge in [-0.2, -0.15) is 0 Å². The zero-order chi connectivity index (χ0) is 14.8. The van der Waals surface area contributed by atoms with Gasteiger partial charge in [-0.1, -0.05) is 12.1 Å². The van der Waals surface area contributed by atoms with Crippen LogP contribution >= 0.6 is 0 Å². The van der Waals surface area contributed by atoms with Gasteiger partial charge in [0, 0.05) is 25.3 Å². The number of amides is 1. The van der Waals surface area contributed by atoms with Crippen molar-refractivity contribution < 1.29 is 19.6 Å². The van der Waals surface area contributed by atoms with Crippen molar-refractivity contribution in [1.29, 1.82) is 0 Å². The normalized spacial score (nSPS) is 18.7. The second-order valence-corrected chi connectivity index (χ2v) is 5.45. The highest BCUT2D eigenvalue weighted by atomic mass is 16.5. The number of carbonyl (C=O) groups is 1. The van der Waals surface area contributed by atoms with Crippen LogP contribution in [-0.2, 0) is 16.0 Å². The van der Waals surface area contributed by atoms with Crippen LogP contribution in [0, 0.1) is 0 Å². The van der Waals surface area contributed by atoms with E-state index in [0.29, 0.717) is 31.8 Å². The number of fused-ring (bicyclic) bond motifs is 1. The molecular weight excluding hydrogens is 271 g/mol. The van der Waals surface area contributed by atoms with E-state index in [4.69, 9.17) is 4.74 Å². The molecule has 2 aliphatic heterocycles. The van der Waals surface area contributed by atoms with Gasteiger partial charge >= 0.3 is 7.12 Å². The first-order valence-corrected chi connectivity index (χ1v) is 7.24. The highest BCUT2D eigenvalue weighted by Crippen LogP contribution is 2.27. The molecule has 0 bridgehead atoms. The van der Waals surface area contributed by atoms with Crippen molar-refractivity contribution >= 4 is 24.2 Å². The Hall–Kier alpha value is -1.41. The molecule has 1 saturated heterocycles. The summed E-state index contributed by atoms with van der Waals surface area (Å²) in [6, 6.07) is 5.22. The molecule has 7 heteroatoms. The molecule has 1 aromatic rings. The van der Waals surface area contributed by atoms with Crippen molar-refractivity contribution in [1.82, 2.24) is 4.90 Å². The Labute approximate surface area is 124 Å². The summed E-state index contributed by atoms with van der Waals surface area (Å²) in [5.41, 5.74) is 2.35. The molecular formula is C14H19BN2O4. The quantitative estimate of drug-likeness (QED) is 0.669. The number of anilines is 1. The summed E-state index contributed by atoms with van der Waals surface area (Å²) in [6.45, 7) is 4.02. The maximum Gasteiger partial charge on any atom is 0.488 e. The summed E-state index contributed by atoms with van der Waals surface area (Å²) in [4.78, 5) is 16.3. The Bertz CT molecular complexity index is 532. The number of benzene rings is 1. The number of rotatable bonds is 3. The first-order valence-electron chi connectivity index (χ1n) is 7.24. The molecule has 0 aromatic heterocycles. The van der Waals surface area contributed by atoms with Crippen molar-refractivity contribution in [3.63, 3.8) is 0 Å². The number of nitrogens with zero attached hydrogens (tertiary/aromatic N) is 2. The fourth-order valence-corrected chi connectivity index (χ4v) is 2.88. The maximum atomic E-state index is 12.4. The molecule has 0 aliphatic carbocycles. The van der Waals surface area contributed by atoms with E-state index < -0.39 is 7.12 Å². The molecule has 3 rings (SSSR count). The van der Waals surface area contributed by atoms with E-state index in [1.54, 1.807) is 23.1 Å². The van der Waals surface area contributed by atoms with Crippen LogP contribution in [-0.4, -0.2) is 67.4 Å². The molecule has 6 nitrogen and oxygen atoms in total. The minimum Gasteiger partial charge on any atom is -0.423 e. The Morgan fingerprint density at radius 2 is 2.00 bits per heavy atom. The van der Waals surface area contributed by atoms with Crippen molar-refractivity contribution in [3.8, 4) is 0 Å². The lowest BCUT2D eigenvalue weighted by Crippen LogP contribution is -2.44. The van der Waals surface area contributed by atoms with Crippen LogP contribution in [0.1, 0.15) is 5.56 Å². The van der Waals surface area contributed by atoms with E-state index >= 15 is 0 Å². The Morgan fingerprint density at radius 1 is 1.24 bits per heavy atom. The van der Waals surface area contributed by atoms with Gasteiger partial charge in [0.1, 0.15) is 0 Å². The molecule has 0 atom stereocenters. The summed E-state index contributed by atoms with van der Waals surface area (Å²) in [7, 11) is -1.46. The smallest absolute Gasteiger partial charge is 0.423 e. The molecule has 0 unspecified atom stereocenters. The van der Waals surface area contributed by atoms with Crippen LogP contribution in [0.3, 0.4) is 0 Å². The van der Waals surface area contributed by atoms with Crippen LogP contribution in [0.25, 0.3) is 0 Å². The maximum absolute atomic E-state index is 12.4. The van der Waals surface area contributed by atoms with E-state index in [1.807, 2.05) is 0 Å². The topological polar surface area (TPSA) is 73.2 Å². The van der Waals surface area contributed by atoms with Gasteiger partial charge in [-0.15, -0.1) is 0 Å². The van der Waals surface area contributed by atoms with Gasteiger partial charge in [-0.25, -0.2) is 0 Å². The van der Waals surface area contributed by atoms with E-state index in [0.717, 1.165) is 30.8 Å². The first kappa shape index (κ1) is 14.5.